The van der Waals surface area contributed by atoms with Crippen LogP contribution in [-0.4, -0.2) is 24.8 Å². The van der Waals surface area contributed by atoms with Gasteiger partial charge in [0, 0.05) is 18.7 Å². The number of nitrogens with one attached hydrogen (secondary N) is 1. The molecule has 0 radical (unpaired) electrons. The third-order valence-electron chi connectivity index (χ3n) is 2.80. The Morgan fingerprint density at radius 1 is 1.33 bits per heavy atom. The normalized spacial score (nSPS) is 38.2. The van der Waals surface area contributed by atoms with Crippen LogP contribution in [0.4, 0.5) is 0 Å². The Balaban J connectivity index is 2.48. The molecule has 1 fully saturated rings. The van der Waals surface area contributed by atoms with Gasteiger partial charge in [0.2, 0.25) is 0 Å². The minimum absolute atomic E-state index is 0.355. The van der Waals surface area contributed by atoms with Crippen molar-refractivity contribution >= 4 is 0 Å². The highest BCUT2D eigenvalue weighted by molar-refractivity contribution is 4.80. The minimum atomic E-state index is 0.355. The molecule has 1 aliphatic rings. The molecular formula is C10H21NO. The van der Waals surface area contributed by atoms with E-state index in [0.29, 0.717) is 24.1 Å². The maximum absolute atomic E-state index is 5.63. The van der Waals surface area contributed by atoms with Crippen LogP contribution in [0.25, 0.3) is 0 Å². The second-order valence-corrected chi connectivity index (χ2v) is 4.17. The highest BCUT2D eigenvalue weighted by Crippen LogP contribution is 2.13. The largest absolute Gasteiger partial charge is 0.377 e. The first kappa shape index (κ1) is 10.0. The Hall–Kier alpha value is -0.0800. The van der Waals surface area contributed by atoms with Crippen LogP contribution >= 0.6 is 0 Å². The van der Waals surface area contributed by atoms with E-state index >= 15 is 0 Å². The molecule has 72 valence electrons. The maximum atomic E-state index is 5.63. The van der Waals surface area contributed by atoms with Crippen molar-refractivity contribution in [1.82, 2.24) is 5.32 Å². The summed E-state index contributed by atoms with van der Waals surface area (Å²) in [5.74, 6) is 0.710. The summed E-state index contributed by atoms with van der Waals surface area (Å²) in [6.07, 6.45) is 1.50. The zero-order chi connectivity index (χ0) is 9.14. The molecule has 0 bridgehead atoms. The van der Waals surface area contributed by atoms with Gasteiger partial charge in [-0.25, -0.2) is 0 Å². The summed E-state index contributed by atoms with van der Waals surface area (Å²) in [4.78, 5) is 0. The maximum Gasteiger partial charge on any atom is 0.0697 e. The highest BCUT2D eigenvalue weighted by atomic mass is 16.5. The molecule has 1 aliphatic heterocycles. The van der Waals surface area contributed by atoms with E-state index in [1.807, 2.05) is 0 Å². The Labute approximate surface area is 75.7 Å². The number of rotatable bonds is 1. The fourth-order valence-electron chi connectivity index (χ4n) is 1.61. The zero-order valence-corrected chi connectivity index (χ0v) is 8.63. The van der Waals surface area contributed by atoms with Gasteiger partial charge in [-0.3, -0.25) is 0 Å². The van der Waals surface area contributed by atoms with Crippen molar-refractivity contribution in [3.63, 3.8) is 0 Å². The van der Waals surface area contributed by atoms with Crippen molar-refractivity contribution in [2.45, 2.75) is 52.3 Å². The molecule has 1 N–H and O–H groups in total. The third-order valence-corrected chi connectivity index (χ3v) is 2.80. The summed E-state index contributed by atoms with van der Waals surface area (Å²) in [5.41, 5.74) is 0. The van der Waals surface area contributed by atoms with Gasteiger partial charge in [0.1, 0.15) is 0 Å². The standard InChI is InChI=1S/C10H21NO/c1-7(2)10-5-6-12-9(4)8(3)11-10/h7-11H,5-6H2,1-4H3. The van der Waals surface area contributed by atoms with Gasteiger partial charge in [-0.1, -0.05) is 13.8 Å². The summed E-state index contributed by atoms with van der Waals surface area (Å²) >= 11 is 0. The van der Waals surface area contributed by atoms with Crippen LogP contribution in [0.2, 0.25) is 0 Å². The second kappa shape index (κ2) is 4.24. The molecule has 0 spiro atoms. The molecule has 0 aromatic carbocycles. The van der Waals surface area contributed by atoms with E-state index < -0.39 is 0 Å². The van der Waals surface area contributed by atoms with Crippen LogP contribution in [0.15, 0.2) is 0 Å². The molecule has 12 heavy (non-hydrogen) atoms. The van der Waals surface area contributed by atoms with Gasteiger partial charge in [-0.15, -0.1) is 0 Å². The first-order chi connectivity index (χ1) is 5.61. The molecule has 3 atom stereocenters. The Bertz CT molecular complexity index is 136. The molecule has 2 heteroatoms. The summed E-state index contributed by atoms with van der Waals surface area (Å²) in [6, 6.07) is 1.12. The highest BCUT2D eigenvalue weighted by Gasteiger charge is 2.23. The predicted octanol–water partition coefficient (Wildman–Crippen LogP) is 1.80. The van der Waals surface area contributed by atoms with E-state index in [-0.39, 0.29) is 0 Å². The Morgan fingerprint density at radius 3 is 2.58 bits per heavy atom. The van der Waals surface area contributed by atoms with E-state index in [4.69, 9.17) is 4.74 Å². The summed E-state index contributed by atoms with van der Waals surface area (Å²) in [6.45, 7) is 9.77. The first-order valence-electron chi connectivity index (χ1n) is 4.99. The van der Waals surface area contributed by atoms with Crippen molar-refractivity contribution in [1.29, 1.82) is 0 Å². The topological polar surface area (TPSA) is 21.3 Å². The van der Waals surface area contributed by atoms with Gasteiger partial charge < -0.3 is 10.1 Å². The monoisotopic (exact) mass is 171 g/mol. The summed E-state index contributed by atoms with van der Waals surface area (Å²) in [7, 11) is 0. The molecule has 0 saturated carbocycles. The third kappa shape index (κ3) is 2.46. The van der Waals surface area contributed by atoms with Crippen molar-refractivity contribution in [2.75, 3.05) is 6.61 Å². The van der Waals surface area contributed by atoms with Crippen LogP contribution in [0.5, 0.6) is 0 Å². The fourth-order valence-corrected chi connectivity index (χ4v) is 1.61. The molecule has 0 aromatic heterocycles. The van der Waals surface area contributed by atoms with E-state index in [1.54, 1.807) is 0 Å². The van der Waals surface area contributed by atoms with Crippen LogP contribution in [0.1, 0.15) is 34.1 Å². The lowest BCUT2D eigenvalue weighted by atomic mass is 10.0. The molecule has 0 aromatic rings. The van der Waals surface area contributed by atoms with Gasteiger partial charge in [-0.2, -0.15) is 0 Å². The van der Waals surface area contributed by atoms with E-state index in [9.17, 15) is 0 Å². The lowest BCUT2D eigenvalue weighted by molar-refractivity contribution is 0.0603. The van der Waals surface area contributed by atoms with Gasteiger partial charge >= 0.3 is 0 Å². The van der Waals surface area contributed by atoms with Crippen LogP contribution in [0.3, 0.4) is 0 Å². The van der Waals surface area contributed by atoms with Gasteiger partial charge in [0.05, 0.1) is 6.10 Å². The fraction of sp³-hybridized carbons (Fsp3) is 1.00. The van der Waals surface area contributed by atoms with Gasteiger partial charge in [0.25, 0.3) is 0 Å². The van der Waals surface area contributed by atoms with E-state index in [1.165, 1.54) is 0 Å². The molecule has 1 rings (SSSR count). The summed E-state index contributed by atoms with van der Waals surface area (Å²) < 4.78 is 5.63. The molecule has 1 heterocycles. The lowest BCUT2D eigenvalue weighted by Gasteiger charge is -2.24. The Kier molecular flexibility index (Phi) is 3.53. The molecule has 1 saturated heterocycles. The van der Waals surface area contributed by atoms with Crippen LogP contribution in [-0.2, 0) is 4.74 Å². The van der Waals surface area contributed by atoms with Gasteiger partial charge in [-0.05, 0) is 26.2 Å². The average Bonchev–Trinajstić information content (AvgIpc) is 2.15. The molecular weight excluding hydrogens is 150 g/mol. The van der Waals surface area contributed by atoms with Crippen LogP contribution in [0, 0.1) is 5.92 Å². The van der Waals surface area contributed by atoms with Gasteiger partial charge in [0.15, 0.2) is 0 Å². The minimum Gasteiger partial charge on any atom is -0.377 e. The molecule has 3 unspecified atom stereocenters. The molecule has 0 amide bonds. The quantitative estimate of drug-likeness (QED) is 0.649. The zero-order valence-electron chi connectivity index (χ0n) is 8.63. The van der Waals surface area contributed by atoms with Crippen molar-refractivity contribution < 1.29 is 4.74 Å². The van der Waals surface area contributed by atoms with Crippen molar-refractivity contribution in [2.24, 2.45) is 5.92 Å². The van der Waals surface area contributed by atoms with Crippen molar-refractivity contribution in [3.05, 3.63) is 0 Å². The predicted molar refractivity (Wildman–Crippen MR) is 51.3 cm³/mol. The van der Waals surface area contributed by atoms with E-state index in [0.717, 1.165) is 13.0 Å². The van der Waals surface area contributed by atoms with Crippen LogP contribution < -0.4 is 5.32 Å². The SMILES string of the molecule is CC(C)C1CCOC(C)C(C)N1. The Morgan fingerprint density at radius 2 is 2.00 bits per heavy atom. The van der Waals surface area contributed by atoms with Crippen molar-refractivity contribution in [3.8, 4) is 0 Å². The van der Waals surface area contributed by atoms with E-state index in [2.05, 4.69) is 33.0 Å². The summed E-state index contributed by atoms with van der Waals surface area (Å²) in [5, 5.41) is 3.60. The number of hydrogen-bond donors (Lipinski definition) is 1. The lowest BCUT2D eigenvalue weighted by Crippen LogP contribution is -2.42. The molecule has 2 nitrogen and oxygen atoms in total. The average molecular weight is 171 g/mol. The number of hydrogen-bond acceptors (Lipinski definition) is 2. The molecule has 0 aliphatic carbocycles. The second-order valence-electron chi connectivity index (χ2n) is 4.17. The number of ether oxygens (including phenoxy) is 1. The smallest absolute Gasteiger partial charge is 0.0697 e. The first-order valence-corrected chi connectivity index (χ1v) is 4.99.